The predicted molar refractivity (Wildman–Crippen MR) is 132 cm³/mol. The number of amides is 1. The fourth-order valence-corrected chi connectivity index (χ4v) is 4.91. The Labute approximate surface area is 210 Å². The SMILES string of the molecule is CCCOc1cccc(/C(O)=C2\C(=O)C(=O)N(c3nc(C)c(C(=O)OC)s3)C2c2ccccc2F)c1. The molecule has 8 nitrogen and oxygen atoms in total. The van der Waals surface area contributed by atoms with Crippen molar-refractivity contribution in [2.75, 3.05) is 18.6 Å². The third-order valence-electron chi connectivity index (χ3n) is 5.59. The van der Waals surface area contributed by atoms with E-state index in [1.54, 1.807) is 37.3 Å². The van der Waals surface area contributed by atoms with Gasteiger partial charge in [0.2, 0.25) is 0 Å². The van der Waals surface area contributed by atoms with Crippen LogP contribution in [0.2, 0.25) is 0 Å². The number of ketones is 1. The Morgan fingerprint density at radius 2 is 1.94 bits per heavy atom. The first-order chi connectivity index (χ1) is 17.3. The number of hydrogen-bond donors (Lipinski definition) is 1. The van der Waals surface area contributed by atoms with Crippen LogP contribution in [0.1, 0.15) is 45.9 Å². The van der Waals surface area contributed by atoms with Crippen molar-refractivity contribution in [2.45, 2.75) is 26.3 Å². The standard InChI is InChI=1S/C26H23FN2O6S/c1-4-12-35-16-9-7-8-15(13-16)21(30)19-20(17-10-5-6-11-18(17)27)29(24(32)22(19)31)26-28-14(2)23(36-26)25(33)34-3/h5-11,13,20,30H,4,12H2,1-3H3/b21-19+. The van der Waals surface area contributed by atoms with E-state index >= 15 is 4.39 Å². The number of halogens is 1. The number of aliphatic hydroxyl groups is 1. The number of rotatable bonds is 7. The molecule has 0 bridgehead atoms. The second-order valence-corrected chi connectivity index (χ2v) is 8.95. The fourth-order valence-electron chi connectivity index (χ4n) is 3.90. The number of aryl methyl sites for hydroxylation is 1. The van der Waals surface area contributed by atoms with E-state index in [4.69, 9.17) is 9.47 Å². The minimum Gasteiger partial charge on any atom is -0.507 e. The van der Waals surface area contributed by atoms with Gasteiger partial charge in [0.15, 0.2) is 5.13 Å². The lowest BCUT2D eigenvalue weighted by molar-refractivity contribution is -0.132. The Bertz CT molecular complexity index is 1380. The third kappa shape index (κ3) is 4.47. The second-order valence-electron chi connectivity index (χ2n) is 7.97. The zero-order valence-corrected chi connectivity index (χ0v) is 20.6. The largest absolute Gasteiger partial charge is 0.507 e. The first kappa shape index (κ1) is 25.1. The van der Waals surface area contributed by atoms with Crippen LogP contribution in [0, 0.1) is 12.7 Å². The molecule has 1 aliphatic rings. The van der Waals surface area contributed by atoms with Crippen LogP contribution in [-0.2, 0) is 14.3 Å². The second kappa shape index (κ2) is 10.3. The Kier molecular flexibility index (Phi) is 7.16. The van der Waals surface area contributed by atoms with Gasteiger partial charge in [-0.1, -0.05) is 48.6 Å². The lowest BCUT2D eigenvalue weighted by Gasteiger charge is -2.23. The van der Waals surface area contributed by atoms with Crippen molar-refractivity contribution in [3.8, 4) is 5.75 Å². The molecular weight excluding hydrogens is 487 g/mol. The molecule has 1 N–H and O–H groups in total. The van der Waals surface area contributed by atoms with Crippen molar-refractivity contribution in [2.24, 2.45) is 0 Å². The summed E-state index contributed by atoms with van der Waals surface area (Å²) in [4.78, 5) is 44.1. The number of methoxy groups -OCH3 is 1. The van der Waals surface area contributed by atoms with Crippen LogP contribution in [-0.4, -0.2) is 41.5 Å². The molecule has 1 saturated heterocycles. The van der Waals surface area contributed by atoms with Gasteiger partial charge in [0.05, 0.1) is 25.0 Å². The molecule has 0 saturated carbocycles. The summed E-state index contributed by atoms with van der Waals surface area (Å²) >= 11 is 0.841. The molecule has 4 rings (SSSR count). The number of hydrogen-bond acceptors (Lipinski definition) is 8. The van der Waals surface area contributed by atoms with Crippen LogP contribution in [0.15, 0.2) is 54.1 Å². The van der Waals surface area contributed by atoms with E-state index in [2.05, 4.69) is 4.98 Å². The van der Waals surface area contributed by atoms with Crippen LogP contribution in [0.4, 0.5) is 9.52 Å². The molecule has 1 aliphatic heterocycles. The molecule has 1 atom stereocenters. The molecule has 0 spiro atoms. The molecule has 186 valence electrons. The number of anilines is 1. The molecular formula is C26H23FN2O6S. The van der Waals surface area contributed by atoms with Gasteiger partial charge in [-0.05, 0) is 31.5 Å². The van der Waals surface area contributed by atoms with Crippen molar-refractivity contribution in [1.82, 2.24) is 4.98 Å². The molecule has 3 aromatic rings. The normalized spacial score (nSPS) is 16.9. The van der Waals surface area contributed by atoms with E-state index in [0.29, 0.717) is 12.4 Å². The number of Topliss-reactive ketones (excluding diaryl/α,β-unsaturated/α-hetero) is 1. The van der Waals surface area contributed by atoms with Crippen LogP contribution in [0.3, 0.4) is 0 Å². The number of carbonyl (C=O) groups excluding carboxylic acids is 3. The number of carbonyl (C=O) groups is 3. The van der Waals surface area contributed by atoms with Gasteiger partial charge in [-0.25, -0.2) is 14.2 Å². The highest BCUT2D eigenvalue weighted by Gasteiger charge is 2.49. The van der Waals surface area contributed by atoms with Gasteiger partial charge in [0.25, 0.3) is 5.78 Å². The summed E-state index contributed by atoms with van der Waals surface area (Å²) < 4.78 is 25.4. The number of benzene rings is 2. The fraction of sp³-hybridized carbons (Fsp3) is 0.231. The smallest absolute Gasteiger partial charge is 0.350 e. The van der Waals surface area contributed by atoms with Crippen LogP contribution in [0.5, 0.6) is 5.75 Å². The summed E-state index contributed by atoms with van der Waals surface area (Å²) in [5.74, 6) is -3.36. The Morgan fingerprint density at radius 3 is 2.64 bits per heavy atom. The van der Waals surface area contributed by atoms with Crippen LogP contribution >= 0.6 is 11.3 Å². The quantitative estimate of drug-likeness (QED) is 0.211. The summed E-state index contributed by atoms with van der Waals surface area (Å²) in [7, 11) is 1.21. The lowest BCUT2D eigenvalue weighted by Crippen LogP contribution is -2.29. The van der Waals surface area contributed by atoms with E-state index < -0.39 is 35.3 Å². The molecule has 0 aliphatic carbocycles. The van der Waals surface area contributed by atoms with Gasteiger partial charge in [0, 0.05) is 11.1 Å². The summed E-state index contributed by atoms with van der Waals surface area (Å²) in [5, 5.41) is 11.2. The van der Waals surface area contributed by atoms with E-state index in [9.17, 15) is 19.5 Å². The van der Waals surface area contributed by atoms with Crippen molar-refractivity contribution >= 4 is 39.9 Å². The summed E-state index contributed by atoms with van der Waals surface area (Å²) in [6, 6.07) is 10.8. The van der Waals surface area contributed by atoms with Crippen molar-refractivity contribution < 1.29 is 33.4 Å². The Hall–Kier alpha value is -4.05. The molecule has 36 heavy (non-hydrogen) atoms. The molecule has 10 heteroatoms. The first-order valence-corrected chi connectivity index (χ1v) is 11.9. The lowest BCUT2D eigenvalue weighted by atomic mass is 9.95. The average molecular weight is 511 g/mol. The summed E-state index contributed by atoms with van der Waals surface area (Å²) in [6.07, 6.45) is 0.773. The maximum Gasteiger partial charge on any atom is 0.350 e. The zero-order valence-electron chi connectivity index (χ0n) is 19.8. The number of nitrogens with zero attached hydrogens (tertiary/aromatic N) is 2. The highest BCUT2D eigenvalue weighted by atomic mass is 32.1. The summed E-state index contributed by atoms with van der Waals surface area (Å²) in [6.45, 7) is 3.96. The average Bonchev–Trinajstić information content (AvgIpc) is 3.38. The monoisotopic (exact) mass is 510 g/mol. The predicted octanol–water partition coefficient (Wildman–Crippen LogP) is 4.79. The Balaban J connectivity index is 1.91. The van der Waals surface area contributed by atoms with E-state index in [0.717, 1.165) is 22.7 Å². The van der Waals surface area contributed by atoms with Gasteiger partial charge in [-0.2, -0.15) is 0 Å². The highest BCUT2D eigenvalue weighted by Crippen LogP contribution is 2.44. The number of aromatic nitrogens is 1. The maximum atomic E-state index is 15.0. The first-order valence-electron chi connectivity index (χ1n) is 11.1. The topological polar surface area (TPSA) is 106 Å². The minimum absolute atomic E-state index is 0.00216. The summed E-state index contributed by atoms with van der Waals surface area (Å²) in [5.41, 5.74) is 0.208. The number of thiazole rings is 1. The zero-order chi connectivity index (χ0) is 26.0. The van der Waals surface area contributed by atoms with Crippen LogP contribution < -0.4 is 9.64 Å². The number of ether oxygens (including phenoxy) is 2. The van der Waals surface area contributed by atoms with E-state index in [-0.39, 0.29) is 32.4 Å². The minimum atomic E-state index is -1.32. The van der Waals surface area contributed by atoms with Crippen LogP contribution in [0.25, 0.3) is 5.76 Å². The molecule has 2 aromatic carbocycles. The molecule has 0 radical (unpaired) electrons. The molecule has 1 fully saturated rings. The third-order valence-corrected chi connectivity index (χ3v) is 6.72. The number of aliphatic hydroxyl groups excluding tert-OH is 1. The van der Waals surface area contributed by atoms with Crippen molar-refractivity contribution in [3.63, 3.8) is 0 Å². The Morgan fingerprint density at radius 1 is 1.19 bits per heavy atom. The van der Waals surface area contributed by atoms with Gasteiger partial charge in [0.1, 0.15) is 28.2 Å². The molecule has 2 heterocycles. The van der Waals surface area contributed by atoms with Crippen molar-refractivity contribution in [1.29, 1.82) is 0 Å². The highest BCUT2D eigenvalue weighted by molar-refractivity contribution is 7.17. The van der Waals surface area contributed by atoms with E-state index in [1.807, 2.05) is 6.92 Å². The number of esters is 1. The molecule has 1 unspecified atom stereocenters. The molecule has 1 aromatic heterocycles. The van der Waals surface area contributed by atoms with Crippen molar-refractivity contribution in [3.05, 3.63) is 81.6 Å². The molecule has 1 amide bonds. The van der Waals surface area contributed by atoms with Gasteiger partial charge >= 0.3 is 11.9 Å². The van der Waals surface area contributed by atoms with Gasteiger partial charge in [-0.3, -0.25) is 14.5 Å². The van der Waals surface area contributed by atoms with Gasteiger partial charge < -0.3 is 14.6 Å². The van der Waals surface area contributed by atoms with Gasteiger partial charge in [-0.15, -0.1) is 0 Å². The van der Waals surface area contributed by atoms with E-state index in [1.165, 1.54) is 25.3 Å². The maximum absolute atomic E-state index is 15.0.